The minimum atomic E-state index is 0.0723. The SMILES string of the molecule is CCCn1c(SCC(=O)N2CCc3ccccc3C2)nc2sc3c(c2c1=O)CCC3. The van der Waals surface area contributed by atoms with E-state index in [1.54, 1.807) is 15.9 Å². The Kier molecular flexibility index (Phi) is 5.41. The molecule has 1 aliphatic carbocycles. The van der Waals surface area contributed by atoms with Crippen molar-refractivity contribution in [1.82, 2.24) is 14.5 Å². The quantitative estimate of drug-likeness (QED) is 0.445. The van der Waals surface area contributed by atoms with Crippen molar-refractivity contribution in [2.75, 3.05) is 12.3 Å². The van der Waals surface area contributed by atoms with E-state index in [0.717, 1.165) is 48.9 Å². The molecule has 0 spiro atoms. The monoisotopic (exact) mass is 439 g/mol. The maximum absolute atomic E-state index is 13.3. The normalized spacial score (nSPS) is 15.4. The van der Waals surface area contributed by atoms with Crippen LogP contribution in [0.5, 0.6) is 0 Å². The Hall–Kier alpha value is -2.12. The fourth-order valence-electron chi connectivity index (χ4n) is 4.52. The summed E-state index contributed by atoms with van der Waals surface area (Å²) in [7, 11) is 0. The molecule has 0 radical (unpaired) electrons. The van der Waals surface area contributed by atoms with Gasteiger partial charge in [-0.05, 0) is 48.8 Å². The molecule has 0 bridgehead atoms. The lowest BCUT2D eigenvalue weighted by molar-refractivity contribution is -0.129. The molecule has 2 aliphatic rings. The van der Waals surface area contributed by atoms with E-state index in [-0.39, 0.29) is 11.5 Å². The summed E-state index contributed by atoms with van der Waals surface area (Å²) in [6.45, 7) is 4.13. The fourth-order valence-corrected chi connectivity index (χ4v) is 6.75. The largest absolute Gasteiger partial charge is 0.337 e. The summed E-state index contributed by atoms with van der Waals surface area (Å²) in [5, 5.41) is 1.50. The molecule has 0 saturated carbocycles. The first-order valence-electron chi connectivity index (χ1n) is 10.7. The Morgan fingerprint density at radius 1 is 1.20 bits per heavy atom. The van der Waals surface area contributed by atoms with E-state index in [2.05, 4.69) is 25.1 Å². The molecule has 3 heterocycles. The van der Waals surface area contributed by atoms with Crippen LogP contribution in [0, 0.1) is 0 Å². The van der Waals surface area contributed by atoms with E-state index < -0.39 is 0 Å². The van der Waals surface area contributed by atoms with Crippen LogP contribution in [0.15, 0.2) is 34.2 Å². The van der Waals surface area contributed by atoms with E-state index in [1.807, 2.05) is 11.0 Å². The van der Waals surface area contributed by atoms with Crippen LogP contribution in [0.4, 0.5) is 0 Å². The summed E-state index contributed by atoms with van der Waals surface area (Å²) in [5.74, 6) is 0.426. The molecule has 5 nitrogen and oxygen atoms in total. The van der Waals surface area contributed by atoms with Gasteiger partial charge < -0.3 is 4.90 Å². The molecular formula is C23H25N3O2S2. The van der Waals surface area contributed by atoms with Crippen LogP contribution >= 0.6 is 23.1 Å². The van der Waals surface area contributed by atoms with Gasteiger partial charge in [0.25, 0.3) is 5.56 Å². The van der Waals surface area contributed by atoms with Crippen molar-refractivity contribution in [1.29, 1.82) is 0 Å². The number of nitrogens with zero attached hydrogens (tertiary/aromatic N) is 3. The third-order valence-corrected chi connectivity index (χ3v) is 8.19. The summed E-state index contributed by atoms with van der Waals surface area (Å²) in [4.78, 5) is 35.1. The fraction of sp³-hybridized carbons (Fsp3) is 0.435. The van der Waals surface area contributed by atoms with E-state index in [4.69, 9.17) is 4.98 Å². The summed E-state index contributed by atoms with van der Waals surface area (Å²) >= 11 is 3.07. The molecule has 0 N–H and O–H groups in total. The van der Waals surface area contributed by atoms with Crippen molar-refractivity contribution in [3.8, 4) is 0 Å². The average Bonchev–Trinajstić information content (AvgIpc) is 3.35. The van der Waals surface area contributed by atoms with E-state index in [0.29, 0.717) is 24.0 Å². The molecule has 30 heavy (non-hydrogen) atoms. The van der Waals surface area contributed by atoms with Crippen molar-refractivity contribution >= 4 is 39.2 Å². The second-order valence-corrected chi connectivity index (χ2v) is 10.0. The number of fused-ring (bicyclic) bond motifs is 4. The van der Waals surface area contributed by atoms with Gasteiger partial charge in [0.2, 0.25) is 5.91 Å². The van der Waals surface area contributed by atoms with Crippen LogP contribution in [-0.4, -0.2) is 32.7 Å². The topological polar surface area (TPSA) is 55.2 Å². The molecule has 1 amide bonds. The summed E-state index contributed by atoms with van der Waals surface area (Å²) < 4.78 is 1.79. The number of aryl methyl sites for hydroxylation is 2. The maximum atomic E-state index is 13.3. The average molecular weight is 440 g/mol. The zero-order valence-corrected chi connectivity index (χ0v) is 18.8. The number of amides is 1. The van der Waals surface area contributed by atoms with Crippen molar-refractivity contribution in [3.05, 3.63) is 56.2 Å². The highest BCUT2D eigenvalue weighted by Crippen LogP contribution is 2.35. The lowest BCUT2D eigenvalue weighted by Gasteiger charge is -2.28. The van der Waals surface area contributed by atoms with E-state index >= 15 is 0 Å². The van der Waals surface area contributed by atoms with Gasteiger partial charge in [0, 0.05) is 24.5 Å². The van der Waals surface area contributed by atoms with Crippen LogP contribution in [0.2, 0.25) is 0 Å². The van der Waals surface area contributed by atoms with Gasteiger partial charge in [0.1, 0.15) is 4.83 Å². The second-order valence-electron chi connectivity index (χ2n) is 8.01. The van der Waals surface area contributed by atoms with Crippen LogP contribution in [-0.2, 0) is 37.1 Å². The van der Waals surface area contributed by atoms with Crippen LogP contribution in [0.1, 0.15) is 41.3 Å². The molecule has 0 atom stereocenters. The third-order valence-electron chi connectivity index (χ3n) is 6.05. The Bertz CT molecular complexity index is 1180. The molecule has 0 fully saturated rings. The Morgan fingerprint density at radius 3 is 2.87 bits per heavy atom. The number of hydrogen-bond donors (Lipinski definition) is 0. The van der Waals surface area contributed by atoms with Crippen molar-refractivity contribution in [3.63, 3.8) is 0 Å². The van der Waals surface area contributed by atoms with Gasteiger partial charge in [-0.15, -0.1) is 11.3 Å². The molecule has 2 aromatic heterocycles. The highest BCUT2D eigenvalue weighted by molar-refractivity contribution is 7.99. The Labute approximate surface area is 184 Å². The number of benzene rings is 1. The van der Waals surface area contributed by atoms with Gasteiger partial charge in [-0.3, -0.25) is 14.2 Å². The van der Waals surface area contributed by atoms with Gasteiger partial charge in [-0.25, -0.2) is 4.98 Å². The minimum absolute atomic E-state index is 0.0723. The van der Waals surface area contributed by atoms with Crippen LogP contribution < -0.4 is 5.56 Å². The first-order chi connectivity index (χ1) is 14.7. The second kappa shape index (κ2) is 8.19. The van der Waals surface area contributed by atoms with Crippen LogP contribution in [0.25, 0.3) is 10.2 Å². The third kappa shape index (κ3) is 3.48. The molecule has 0 saturated heterocycles. The lowest BCUT2D eigenvalue weighted by atomic mass is 10.00. The molecule has 3 aromatic rings. The number of aromatic nitrogens is 2. The number of thiophene rings is 1. The first-order valence-corrected chi connectivity index (χ1v) is 12.5. The van der Waals surface area contributed by atoms with Crippen molar-refractivity contribution < 1.29 is 4.79 Å². The Balaban J connectivity index is 1.38. The van der Waals surface area contributed by atoms with E-state index in [1.165, 1.54) is 33.3 Å². The summed E-state index contributed by atoms with van der Waals surface area (Å²) in [6, 6.07) is 8.34. The molecule has 0 unspecified atom stereocenters. The molecule has 1 aliphatic heterocycles. The zero-order valence-electron chi connectivity index (χ0n) is 17.1. The Morgan fingerprint density at radius 2 is 2.03 bits per heavy atom. The number of hydrogen-bond acceptors (Lipinski definition) is 5. The number of carbonyl (C=O) groups excluding carboxylic acids is 1. The molecule has 5 rings (SSSR count). The van der Waals surface area contributed by atoms with Gasteiger partial charge in [-0.2, -0.15) is 0 Å². The minimum Gasteiger partial charge on any atom is -0.337 e. The van der Waals surface area contributed by atoms with Gasteiger partial charge in [0.15, 0.2) is 5.16 Å². The van der Waals surface area contributed by atoms with Gasteiger partial charge in [0.05, 0.1) is 11.1 Å². The molecule has 1 aromatic carbocycles. The highest BCUT2D eigenvalue weighted by Gasteiger charge is 2.25. The molecule has 7 heteroatoms. The summed E-state index contributed by atoms with van der Waals surface area (Å²) in [6.07, 6.45) is 4.94. The predicted octanol–water partition coefficient (Wildman–Crippen LogP) is 4.03. The molecular weight excluding hydrogens is 414 g/mol. The standard InChI is InChI=1S/C23H25N3O2S2/c1-2-11-26-22(28)20-17-8-5-9-18(17)30-21(20)24-23(26)29-14-19(27)25-12-10-15-6-3-4-7-16(15)13-25/h3-4,6-7H,2,5,8-14H2,1H3. The van der Waals surface area contributed by atoms with Crippen molar-refractivity contribution in [2.45, 2.75) is 57.3 Å². The highest BCUT2D eigenvalue weighted by atomic mass is 32.2. The predicted molar refractivity (Wildman–Crippen MR) is 122 cm³/mol. The number of carbonyl (C=O) groups is 1. The number of thioether (sulfide) groups is 1. The maximum Gasteiger partial charge on any atom is 0.263 e. The van der Waals surface area contributed by atoms with Crippen LogP contribution in [0.3, 0.4) is 0 Å². The smallest absolute Gasteiger partial charge is 0.263 e. The van der Waals surface area contributed by atoms with Crippen molar-refractivity contribution in [2.24, 2.45) is 0 Å². The number of rotatable bonds is 5. The van der Waals surface area contributed by atoms with Gasteiger partial charge >= 0.3 is 0 Å². The first kappa shape index (κ1) is 19.8. The summed E-state index contributed by atoms with van der Waals surface area (Å²) in [5.41, 5.74) is 3.86. The lowest BCUT2D eigenvalue weighted by Crippen LogP contribution is -2.37. The van der Waals surface area contributed by atoms with Gasteiger partial charge in [-0.1, -0.05) is 43.0 Å². The molecule has 156 valence electrons. The zero-order chi connectivity index (χ0) is 20.7. The van der Waals surface area contributed by atoms with E-state index in [9.17, 15) is 9.59 Å².